The van der Waals surface area contributed by atoms with Crippen LogP contribution in [-0.4, -0.2) is 68.2 Å². The summed E-state index contributed by atoms with van der Waals surface area (Å²) in [6.45, 7) is 3.28. The first-order chi connectivity index (χ1) is 17.0. The normalized spacial score (nSPS) is 14.7. The lowest BCUT2D eigenvalue weighted by Crippen LogP contribution is -2.49. The monoisotopic (exact) mass is 514 g/mol. The Morgan fingerprint density at radius 1 is 1.00 bits per heavy atom. The number of fused-ring (bicyclic) bond motifs is 1. The first-order valence-corrected chi connectivity index (χ1v) is 11.9. The second-order valence-electron chi connectivity index (χ2n) is 8.99. The maximum atomic E-state index is 14.5. The standard InChI is InChI=1S/C26H28F2N6O.ClH/c27-26(28,21-6-2-1-3-7-21)16-25(35)33-13-11-32(12-14-33)10-4-5-20-17-29-24-9-8-22(15-23(20)24)34-18-30-31-19-34;/h1-3,6-9,15,17-19,29H,4-5,10-14,16H2;1H. The molecule has 7 nitrogen and oxygen atoms in total. The van der Waals surface area contributed by atoms with Crippen molar-refractivity contribution >= 4 is 29.2 Å². The van der Waals surface area contributed by atoms with E-state index in [9.17, 15) is 13.6 Å². The van der Waals surface area contributed by atoms with Crippen molar-refractivity contribution in [1.29, 1.82) is 0 Å². The number of alkyl halides is 2. The van der Waals surface area contributed by atoms with E-state index in [0.717, 1.165) is 30.6 Å². The summed E-state index contributed by atoms with van der Waals surface area (Å²) in [6.07, 6.45) is 6.54. The van der Waals surface area contributed by atoms with Gasteiger partial charge in [0.25, 0.3) is 5.92 Å². The van der Waals surface area contributed by atoms with Crippen LogP contribution in [0.1, 0.15) is 24.0 Å². The van der Waals surface area contributed by atoms with Gasteiger partial charge in [-0.15, -0.1) is 22.6 Å². The summed E-state index contributed by atoms with van der Waals surface area (Å²) in [5, 5.41) is 8.94. The average Bonchev–Trinajstić information content (AvgIpc) is 3.55. The summed E-state index contributed by atoms with van der Waals surface area (Å²) in [6, 6.07) is 13.8. The number of carbonyl (C=O) groups is 1. The van der Waals surface area contributed by atoms with Crippen molar-refractivity contribution in [3.63, 3.8) is 0 Å². The molecule has 0 spiro atoms. The second-order valence-corrected chi connectivity index (χ2v) is 8.99. The van der Waals surface area contributed by atoms with Crippen LogP contribution in [0.25, 0.3) is 16.6 Å². The second kappa shape index (κ2) is 11.2. The molecule has 4 aromatic rings. The summed E-state index contributed by atoms with van der Waals surface area (Å²) >= 11 is 0. The van der Waals surface area contributed by atoms with Gasteiger partial charge in [-0.05, 0) is 43.1 Å². The molecule has 0 radical (unpaired) electrons. The number of halogens is 3. The Hall–Kier alpha value is -3.30. The number of hydrogen-bond acceptors (Lipinski definition) is 4. The van der Waals surface area contributed by atoms with Crippen LogP contribution in [0.15, 0.2) is 67.4 Å². The third-order valence-electron chi connectivity index (χ3n) is 6.68. The Balaban J connectivity index is 0.00000304. The van der Waals surface area contributed by atoms with E-state index in [4.69, 9.17) is 0 Å². The van der Waals surface area contributed by atoms with E-state index in [1.807, 2.05) is 10.6 Å². The third kappa shape index (κ3) is 5.74. The zero-order valence-corrected chi connectivity index (χ0v) is 20.6. The Labute approximate surface area is 214 Å². The summed E-state index contributed by atoms with van der Waals surface area (Å²) in [7, 11) is 0. The van der Waals surface area contributed by atoms with Gasteiger partial charge in [0, 0.05) is 54.5 Å². The fourth-order valence-corrected chi connectivity index (χ4v) is 4.67. The average molecular weight is 515 g/mol. The van der Waals surface area contributed by atoms with Crippen molar-refractivity contribution in [2.24, 2.45) is 0 Å². The highest BCUT2D eigenvalue weighted by molar-refractivity contribution is 5.85. The van der Waals surface area contributed by atoms with E-state index < -0.39 is 18.3 Å². The number of amides is 1. The zero-order valence-electron chi connectivity index (χ0n) is 19.8. The van der Waals surface area contributed by atoms with Crippen LogP contribution in [0.4, 0.5) is 8.78 Å². The smallest absolute Gasteiger partial charge is 0.281 e. The summed E-state index contributed by atoms with van der Waals surface area (Å²) in [5.74, 6) is -3.63. The van der Waals surface area contributed by atoms with Crippen LogP contribution in [0.3, 0.4) is 0 Å². The predicted molar refractivity (Wildman–Crippen MR) is 137 cm³/mol. The molecule has 1 N–H and O–H groups in total. The van der Waals surface area contributed by atoms with Gasteiger partial charge in [-0.25, -0.2) is 8.78 Å². The predicted octanol–water partition coefficient (Wildman–Crippen LogP) is 4.43. The molecule has 1 aliphatic rings. The number of H-pyrrole nitrogens is 1. The highest BCUT2D eigenvalue weighted by Gasteiger charge is 2.36. The molecule has 0 aliphatic carbocycles. The molecule has 2 aromatic heterocycles. The number of aromatic nitrogens is 4. The maximum absolute atomic E-state index is 14.5. The Morgan fingerprint density at radius 2 is 1.72 bits per heavy atom. The minimum absolute atomic E-state index is 0. The quantitative estimate of drug-likeness (QED) is 0.378. The maximum Gasteiger partial charge on any atom is 0.281 e. The Morgan fingerprint density at radius 3 is 2.44 bits per heavy atom. The lowest BCUT2D eigenvalue weighted by molar-refractivity contribution is -0.141. The lowest BCUT2D eigenvalue weighted by Gasteiger charge is -2.35. The molecule has 0 bridgehead atoms. The van der Waals surface area contributed by atoms with Gasteiger partial charge >= 0.3 is 0 Å². The number of aryl methyl sites for hydroxylation is 1. The van der Waals surface area contributed by atoms with E-state index in [0.29, 0.717) is 26.2 Å². The van der Waals surface area contributed by atoms with Crippen LogP contribution in [0.2, 0.25) is 0 Å². The molecule has 10 heteroatoms. The van der Waals surface area contributed by atoms with Gasteiger partial charge in [-0.1, -0.05) is 30.3 Å². The van der Waals surface area contributed by atoms with Gasteiger partial charge in [0.2, 0.25) is 5.91 Å². The molecule has 1 saturated heterocycles. The van der Waals surface area contributed by atoms with Crippen LogP contribution >= 0.6 is 12.4 Å². The topological polar surface area (TPSA) is 70.1 Å². The number of benzene rings is 2. The molecular formula is C26H29ClF2N6O. The van der Waals surface area contributed by atoms with Crippen molar-refractivity contribution < 1.29 is 13.6 Å². The van der Waals surface area contributed by atoms with Crippen molar-refractivity contribution in [1.82, 2.24) is 29.5 Å². The molecule has 1 fully saturated rings. The van der Waals surface area contributed by atoms with Gasteiger partial charge in [-0.3, -0.25) is 14.3 Å². The number of carbonyl (C=O) groups excluding carboxylic acids is 1. The molecular weight excluding hydrogens is 486 g/mol. The number of aromatic amines is 1. The molecule has 0 unspecified atom stereocenters. The highest BCUT2D eigenvalue weighted by atomic mass is 35.5. The number of hydrogen-bond donors (Lipinski definition) is 1. The molecule has 5 rings (SSSR count). The van der Waals surface area contributed by atoms with Crippen LogP contribution in [0.5, 0.6) is 0 Å². The first-order valence-electron chi connectivity index (χ1n) is 11.9. The van der Waals surface area contributed by atoms with E-state index in [-0.39, 0.29) is 18.0 Å². The summed E-state index contributed by atoms with van der Waals surface area (Å²) in [4.78, 5) is 19.7. The Kier molecular flexibility index (Phi) is 8.01. The van der Waals surface area contributed by atoms with Gasteiger partial charge in [0.1, 0.15) is 12.7 Å². The molecule has 3 heterocycles. The number of piperazine rings is 1. The molecule has 1 aliphatic heterocycles. The van der Waals surface area contributed by atoms with Gasteiger partial charge < -0.3 is 9.88 Å². The number of nitrogens with zero attached hydrogens (tertiary/aromatic N) is 5. The van der Waals surface area contributed by atoms with E-state index in [2.05, 4.69) is 38.4 Å². The first kappa shape index (κ1) is 25.8. The highest BCUT2D eigenvalue weighted by Crippen LogP contribution is 2.32. The van der Waals surface area contributed by atoms with Crippen molar-refractivity contribution in [3.8, 4) is 5.69 Å². The van der Waals surface area contributed by atoms with Crippen molar-refractivity contribution in [2.45, 2.75) is 25.2 Å². The fraction of sp³-hybridized carbons (Fsp3) is 0.346. The van der Waals surface area contributed by atoms with Crippen LogP contribution < -0.4 is 0 Å². The SMILES string of the molecule is Cl.O=C(CC(F)(F)c1ccccc1)N1CCN(CCCc2c[nH]c3ccc(-n4cnnc4)cc23)CC1. The number of nitrogens with one attached hydrogen (secondary N) is 1. The lowest BCUT2D eigenvalue weighted by atomic mass is 10.0. The molecule has 0 atom stereocenters. The van der Waals surface area contributed by atoms with E-state index in [1.54, 1.807) is 35.8 Å². The van der Waals surface area contributed by atoms with Gasteiger partial charge in [-0.2, -0.15) is 0 Å². The third-order valence-corrected chi connectivity index (χ3v) is 6.68. The minimum Gasteiger partial charge on any atom is -0.361 e. The van der Waals surface area contributed by atoms with Crippen LogP contribution in [0, 0.1) is 0 Å². The molecule has 0 saturated carbocycles. The molecule has 190 valence electrons. The molecule has 36 heavy (non-hydrogen) atoms. The van der Waals surface area contributed by atoms with Crippen molar-refractivity contribution in [2.75, 3.05) is 32.7 Å². The molecule has 2 aromatic carbocycles. The van der Waals surface area contributed by atoms with Crippen molar-refractivity contribution in [3.05, 3.63) is 78.5 Å². The summed E-state index contributed by atoms with van der Waals surface area (Å²) < 4.78 is 30.9. The Bertz CT molecular complexity index is 1270. The van der Waals surface area contributed by atoms with E-state index in [1.165, 1.54) is 23.1 Å². The largest absolute Gasteiger partial charge is 0.361 e. The number of rotatable bonds is 8. The minimum atomic E-state index is -3.15. The van der Waals surface area contributed by atoms with Crippen LogP contribution in [-0.2, 0) is 17.1 Å². The zero-order chi connectivity index (χ0) is 24.3. The van der Waals surface area contributed by atoms with E-state index >= 15 is 0 Å². The fourth-order valence-electron chi connectivity index (χ4n) is 4.67. The summed E-state index contributed by atoms with van der Waals surface area (Å²) in [5.41, 5.74) is 3.25. The van der Waals surface area contributed by atoms with Gasteiger partial charge in [0.15, 0.2) is 0 Å². The van der Waals surface area contributed by atoms with Gasteiger partial charge in [0.05, 0.1) is 6.42 Å². The molecule has 1 amide bonds.